The minimum Gasteiger partial charge on any atom is -0.493 e. The first-order chi connectivity index (χ1) is 9.53. The molecule has 0 radical (unpaired) electrons. The van der Waals surface area contributed by atoms with E-state index in [0.717, 1.165) is 5.56 Å². The number of amides is 1. The first kappa shape index (κ1) is 15.6. The molecule has 0 aromatic heterocycles. The average Bonchev–Trinajstić information content (AvgIpc) is 2.50. The number of benzene rings is 1. The second kappa shape index (κ2) is 7.22. The lowest BCUT2D eigenvalue weighted by Crippen LogP contribution is -2.36. The number of amidine groups is 1. The molecule has 7 nitrogen and oxygen atoms in total. The molecule has 0 spiro atoms. The van der Waals surface area contributed by atoms with Gasteiger partial charge in [0.25, 0.3) is 0 Å². The molecule has 110 valence electrons. The number of nitrogens with two attached hydrogens (primary N) is 1. The zero-order valence-corrected chi connectivity index (χ0v) is 11.7. The number of carbonyl (C=O) groups excluding carboxylic acids is 1. The summed E-state index contributed by atoms with van der Waals surface area (Å²) in [7, 11) is 3.10. The van der Waals surface area contributed by atoms with Gasteiger partial charge in [-0.15, -0.1) is 0 Å². The molecule has 1 rings (SSSR count). The van der Waals surface area contributed by atoms with Gasteiger partial charge in [-0.2, -0.15) is 0 Å². The molecule has 1 amide bonds. The fraction of sp³-hybridized carbons (Fsp3) is 0.385. The molecule has 20 heavy (non-hydrogen) atoms. The summed E-state index contributed by atoms with van der Waals surface area (Å²) in [6.07, 6.45) is 0. The normalized spacial score (nSPS) is 12.7. The van der Waals surface area contributed by atoms with Crippen LogP contribution in [0.4, 0.5) is 0 Å². The van der Waals surface area contributed by atoms with E-state index < -0.39 is 5.92 Å². The second-order valence-electron chi connectivity index (χ2n) is 4.15. The smallest absolute Gasteiger partial charge is 0.230 e. The van der Waals surface area contributed by atoms with Gasteiger partial charge in [0.1, 0.15) is 0 Å². The van der Waals surface area contributed by atoms with Crippen LogP contribution >= 0.6 is 0 Å². The van der Waals surface area contributed by atoms with Crippen molar-refractivity contribution in [3.8, 4) is 11.5 Å². The van der Waals surface area contributed by atoms with Crippen LogP contribution in [0, 0.1) is 5.92 Å². The number of nitrogens with one attached hydrogen (secondary N) is 1. The van der Waals surface area contributed by atoms with Gasteiger partial charge in [-0.25, -0.2) is 0 Å². The maximum Gasteiger partial charge on any atom is 0.230 e. The highest BCUT2D eigenvalue weighted by molar-refractivity contribution is 6.01. The number of methoxy groups -OCH3 is 2. The van der Waals surface area contributed by atoms with Crippen LogP contribution in [-0.2, 0) is 11.3 Å². The van der Waals surface area contributed by atoms with Crippen LogP contribution < -0.4 is 20.5 Å². The molecule has 0 aliphatic carbocycles. The lowest BCUT2D eigenvalue weighted by atomic mass is 10.1. The average molecular weight is 281 g/mol. The lowest BCUT2D eigenvalue weighted by molar-refractivity contribution is -0.122. The molecule has 0 fully saturated rings. The van der Waals surface area contributed by atoms with Crippen molar-refractivity contribution in [2.75, 3.05) is 14.2 Å². The monoisotopic (exact) mass is 281 g/mol. The number of nitrogens with zero attached hydrogens (tertiary/aromatic N) is 1. The predicted octanol–water partition coefficient (Wildman–Crippen LogP) is 0.702. The molecule has 0 heterocycles. The van der Waals surface area contributed by atoms with E-state index >= 15 is 0 Å². The van der Waals surface area contributed by atoms with E-state index in [2.05, 4.69) is 10.5 Å². The van der Waals surface area contributed by atoms with E-state index in [0.29, 0.717) is 18.0 Å². The van der Waals surface area contributed by atoms with Crippen molar-refractivity contribution in [1.82, 2.24) is 5.32 Å². The van der Waals surface area contributed by atoms with Crippen molar-refractivity contribution in [2.45, 2.75) is 13.5 Å². The largest absolute Gasteiger partial charge is 0.493 e. The van der Waals surface area contributed by atoms with Gasteiger partial charge in [0, 0.05) is 6.54 Å². The molecule has 1 aromatic rings. The molecule has 0 aliphatic heterocycles. The van der Waals surface area contributed by atoms with Crippen LogP contribution in [0.5, 0.6) is 11.5 Å². The van der Waals surface area contributed by atoms with Gasteiger partial charge in [0.2, 0.25) is 5.91 Å². The van der Waals surface area contributed by atoms with Gasteiger partial charge in [-0.1, -0.05) is 11.2 Å². The first-order valence-corrected chi connectivity index (χ1v) is 5.99. The highest BCUT2D eigenvalue weighted by Gasteiger charge is 2.17. The van der Waals surface area contributed by atoms with E-state index in [9.17, 15) is 4.79 Å². The van der Waals surface area contributed by atoms with Crippen molar-refractivity contribution in [2.24, 2.45) is 16.8 Å². The molecule has 1 aromatic carbocycles. The molecule has 0 aliphatic rings. The van der Waals surface area contributed by atoms with Crippen LogP contribution in [0.25, 0.3) is 0 Å². The molecule has 7 heteroatoms. The minimum absolute atomic E-state index is 0.130. The third-order valence-electron chi connectivity index (χ3n) is 2.87. The Labute approximate surface area is 117 Å². The highest BCUT2D eigenvalue weighted by atomic mass is 16.5. The van der Waals surface area contributed by atoms with Gasteiger partial charge < -0.3 is 25.7 Å². The van der Waals surface area contributed by atoms with Crippen LogP contribution in [0.1, 0.15) is 12.5 Å². The number of carbonyl (C=O) groups is 1. The molecule has 4 N–H and O–H groups in total. The van der Waals surface area contributed by atoms with Gasteiger partial charge in [0.15, 0.2) is 17.3 Å². The Morgan fingerprint density at radius 3 is 2.60 bits per heavy atom. The third kappa shape index (κ3) is 3.78. The SMILES string of the molecule is COc1ccc(CNC(=O)C(C)C(N)=NO)cc1OC. The Morgan fingerprint density at radius 2 is 2.05 bits per heavy atom. The zero-order chi connectivity index (χ0) is 15.1. The summed E-state index contributed by atoms with van der Waals surface area (Å²) < 4.78 is 10.3. The molecule has 0 saturated heterocycles. The van der Waals surface area contributed by atoms with Crippen LogP contribution in [0.2, 0.25) is 0 Å². The fourth-order valence-electron chi connectivity index (χ4n) is 1.55. The van der Waals surface area contributed by atoms with Gasteiger partial charge in [0.05, 0.1) is 20.1 Å². The molecular weight excluding hydrogens is 262 g/mol. The Morgan fingerprint density at radius 1 is 1.40 bits per heavy atom. The van der Waals surface area contributed by atoms with Gasteiger partial charge in [-0.3, -0.25) is 4.79 Å². The summed E-state index contributed by atoms with van der Waals surface area (Å²) in [5.74, 6) is 0.0568. The Hall–Kier alpha value is -2.44. The topological polar surface area (TPSA) is 106 Å². The summed E-state index contributed by atoms with van der Waals surface area (Å²) >= 11 is 0. The molecule has 1 atom stereocenters. The van der Waals surface area contributed by atoms with Crippen molar-refractivity contribution in [3.05, 3.63) is 23.8 Å². The maximum absolute atomic E-state index is 11.8. The highest BCUT2D eigenvalue weighted by Crippen LogP contribution is 2.27. The standard InChI is InChI=1S/C13H19N3O4/c1-8(12(14)16-18)13(17)15-7-9-4-5-10(19-2)11(6-9)20-3/h4-6,8,18H,7H2,1-3H3,(H2,14,16)(H,15,17). The maximum atomic E-state index is 11.8. The number of rotatable bonds is 6. The first-order valence-electron chi connectivity index (χ1n) is 5.99. The van der Waals surface area contributed by atoms with Gasteiger partial charge in [-0.05, 0) is 24.6 Å². The number of oxime groups is 1. The van der Waals surface area contributed by atoms with E-state index in [1.807, 2.05) is 6.07 Å². The van der Waals surface area contributed by atoms with Crippen LogP contribution in [0.3, 0.4) is 0 Å². The molecule has 0 bridgehead atoms. The quantitative estimate of drug-likeness (QED) is 0.308. The molecular formula is C13H19N3O4. The fourth-order valence-corrected chi connectivity index (χ4v) is 1.55. The van der Waals surface area contributed by atoms with E-state index in [4.69, 9.17) is 20.4 Å². The van der Waals surface area contributed by atoms with Crippen molar-refractivity contribution >= 4 is 11.7 Å². The van der Waals surface area contributed by atoms with Crippen LogP contribution in [-0.4, -0.2) is 31.2 Å². The molecule has 0 saturated carbocycles. The van der Waals surface area contributed by atoms with Crippen LogP contribution in [0.15, 0.2) is 23.4 Å². The summed E-state index contributed by atoms with van der Waals surface area (Å²) in [4.78, 5) is 11.8. The van der Waals surface area contributed by atoms with E-state index in [-0.39, 0.29) is 11.7 Å². The zero-order valence-electron chi connectivity index (χ0n) is 11.7. The second-order valence-corrected chi connectivity index (χ2v) is 4.15. The summed E-state index contributed by atoms with van der Waals surface area (Å²) in [6.45, 7) is 1.86. The molecule has 1 unspecified atom stereocenters. The summed E-state index contributed by atoms with van der Waals surface area (Å²) in [5.41, 5.74) is 6.22. The van der Waals surface area contributed by atoms with E-state index in [1.165, 1.54) is 0 Å². The number of ether oxygens (including phenoxy) is 2. The Bertz CT molecular complexity index is 502. The lowest BCUT2D eigenvalue weighted by Gasteiger charge is -2.12. The predicted molar refractivity (Wildman–Crippen MR) is 74.0 cm³/mol. The van der Waals surface area contributed by atoms with Crippen molar-refractivity contribution in [1.29, 1.82) is 0 Å². The van der Waals surface area contributed by atoms with E-state index in [1.54, 1.807) is 33.3 Å². The van der Waals surface area contributed by atoms with Crippen molar-refractivity contribution in [3.63, 3.8) is 0 Å². The summed E-state index contributed by atoms with van der Waals surface area (Å²) in [6, 6.07) is 5.34. The number of hydrogen-bond donors (Lipinski definition) is 3. The Kier molecular flexibility index (Phi) is 5.64. The summed E-state index contributed by atoms with van der Waals surface area (Å²) in [5, 5.41) is 14.0. The third-order valence-corrected chi connectivity index (χ3v) is 2.87. The van der Waals surface area contributed by atoms with Gasteiger partial charge >= 0.3 is 0 Å². The minimum atomic E-state index is -0.694. The van der Waals surface area contributed by atoms with Crippen molar-refractivity contribution < 1.29 is 19.5 Å². The Balaban J connectivity index is 2.68. The number of hydrogen-bond acceptors (Lipinski definition) is 5.